The number of benzene rings is 9. The molecule has 2 heterocycles. The first-order valence-electron chi connectivity index (χ1n) is 19.0. The second-order valence-corrected chi connectivity index (χ2v) is 14.4. The van der Waals surface area contributed by atoms with Crippen molar-refractivity contribution in [3.05, 3.63) is 207 Å². The van der Waals surface area contributed by atoms with Crippen LogP contribution in [0.4, 0.5) is 17.1 Å². The van der Waals surface area contributed by atoms with Gasteiger partial charge in [0.25, 0.3) is 0 Å². The molecule has 0 atom stereocenters. The number of nitrogens with zero attached hydrogens (tertiary/aromatic N) is 2. The van der Waals surface area contributed by atoms with E-state index in [1.807, 2.05) is 18.5 Å². The molecule has 0 aliphatic rings. The first-order chi connectivity index (χ1) is 27.8. The predicted octanol–water partition coefficient (Wildman–Crippen LogP) is 14.9. The van der Waals surface area contributed by atoms with Crippen molar-refractivity contribution in [2.24, 2.45) is 0 Å². The molecule has 2 aromatic heterocycles. The van der Waals surface area contributed by atoms with E-state index in [1.165, 1.54) is 49.4 Å². The zero-order valence-corrected chi connectivity index (χ0v) is 30.4. The van der Waals surface area contributed by atoms with Gasteiger partial charge >= 0.3 is 0 Å². The molecular formula is C53H34N2O. The third-order valence-corrected chi connectivity index (χ3v) is 11.1. The summed E-state index contributed by atoms with van der Waals surface area (Å²) < 4.78 is 6.75. The van der Waals surface area contributed by atoms with Crippen LogP contribution in [0.15, 0.2) is 211 Å². The third kappa shape index (κ3) is 5.32. The predicted molar refractivity (Wildman–Crippen MR) is 235 cm³/mol. The van der Waals surface area contributed by atoms with Crippen LogP contribution in [0, 0.1) is 0 Å². The summed E-state index contributed by atoms with van der Waals surface area (Å²) in [5.74, 6) is 0. The summed E-state index contributed by atoms with van der Waals surface area (Å²) in [5, 5.41) is 9.29. The number of furan rings is 1. The van der Waals surface area contributed by atoms with Crippen molar-refractivity contribution < 1.29 is 4.42 Å². The fraction of sp³-hybridized carbons (Fsp3) is 0. The number of fused-ring (bicyclic) bond motifs is 6. The molecule has 0 amide bonds. The summed E-state index contributed by atoms with van der Waals surface area (Å²) in [4.78, 5) is 6.76. The summed E-state index contributed by atoms with van der Waals surface area (Å²) in [7, 11) is 0. The molecule has 0 aliphatic heterocycles. The number of hydrogen-bond donors (Lipinski definition) is 0. The maximum absolute atomic E-state index is 6.75. The molecule has 0 spiro atoms. The van der Waals surface area contributed by atoms with Crippen molar-refractivity contribution in [1.29, 1.82) is 0 Å². The SMILES string of the molecule is c1ccc(-c2cc(-c3ccc(N(c4ccc(-c5cccc6ccccc56)cc4)c4c5ccccc5cc5c4oc4cnccc45)cc3)c3ccccc3c2)cc1. The Morgan fingerprint density at radius 1 is 0.375 bits per heavy atom. The van der Waals surface area contributed by atoms with Crippen LogP contribution in [0.5, 0.6) is 0 Å². The van der Waals surface area contributed by atoms with Gasteiger partial charge in [-0.05, 0) is 109 Å². The lowest BCUT2D eigenvalue weighted by atomic mass is 9.93. The van der Waals surface area contributed by atoms with E-state index in [-0.39, 0.29) is 0 Å². The molecular weight excluding hydrogens is 681 g/mol. The number of hydrogen-bond acceptors (Lipinski definition) is 3. The van der Waals surface area contributed by atoms with Crippen LogP contribution >= 0.6 is 0 Å². The molecule has 3 heteroatoms. The summed E-state index contributed by atoms with van der Waals surface area (Å²) in [6, 6.07) is 69.9. The van der Waals surface area contributed by atoms with Gasteiger partial charge in [0.05, 0.1) is 11.9 Å². The van der Waals surface area contributed by atoms with Crippen LogP contribution < -0.4 is 4.90 Å². The highest BCUT2D eigenvalue weighted by atomic mass is 16.3. The molecule has 0 N–H and O–H groups in total. The average Bonchev–Trinajstić information content (AvgIpc) is 3.64. The van der Waals surface area contributed by atoms with E-state index < -0.39 is 0 Å². The Labute approximate surface area is 324 Å². The molecule has 9 aromatic carbocycles. The smallest absolute Gasteiger partial charge is 0.160 e. The molecule has 0 saturated heterocycles. The van der Waals surface area contributed by atoms with Crippen LogP contribution in [0.25, 0.3) is 87.6 Å². The maximum Gasteiger partial charge on any atom is 0.160 e. The van der Waals surface area contributed by atoms with Gasteiger partial charge in [-0.3, -0.25) is 4.98 Å². The monoisotopic (exact) mass is 714 g/mol. The fourth-order valence-corrected chi connectivity index (χ4v) is 8.44. The summed E-state index contributed by atoms with van der Waals surface area (Å²) >= 11 is 0. The van der Waals surface area contributed by atoms with Gasteiger partial charge in [0.2, 0.25) is 0 Å². The zero-order chi connectivity index (χ0) is 37.0. The lowest BCUT2D eigenvalue weighted by Gasteiger charge is -2.27. The van der Waals surface area contributed by atoms with Crippen LogP contribution in [0.2, 0.25) is 0 Å². The van der Waals surface area contributed by atoms with Crippen molar-refractivity contribution in [1.82, 2.24) is 4.98 Å². The third-order valence-electron chi connectivity index (χ3n) is 11.1. The Balaban J connectivity index is 1.12. The molecule has 11 rings (SSSR count). The van der Waals surface area contributed by atoms with Crippen LogP contribution in [0.1, 0.15) is 0 Å². The van der Waals surface area contributed by atoms with E-state index in [9.17, 15) is 0 Å². The van der Waals surface area contributed by atoms with E-state index in [0.29, 0.717) is 0 Å². The van der Waals surface area contributed by atoms with Crippen molar-refractivity contribution in [3.63, 3.8) is 0 Å². The molecule has 3 nitrogen and oxygen atoms in total. The quantitative estimate of drug-likeness (QED) is 0.172. The summed E-state index contributed by atoms with van der Waals surface area (Å²) in [6.45, 7) is 0. The van der Waals surface area contributed by atoms with E-state index in [0.717, 1.165) is 55.3 Å². The molecule has 0 aliphatic carbocycles. The first-order valence-corrected chi connectivity index (χ1v) is 19.0. The van der Waals surface area contributed by atoms with Gasteiger partial charge in [-0.2, -0.15) is 0 Å². The first kappa shape index (κ1) is 32.0. The lowest BCUT2D eigenvalue weighted by molar-refractivity contribution is 0.667. The maximum atomic E-state index is 6.75. The molecule has 0 fully saturated rings. The minimum atomic E-state index is 0.769. The second kappa shape index (κ2) is 13.1. The highest BCUT2D eigenvalue weighted by molar-refractivity contribution is 6.19. The van der Waals surface area contributed by atoms with Crippen LogP contribution in [-0.4, -0.2) is 4.98 Å². The molecule has 11 aromatic rings. The summed E-state index contributed by atoms with van der Waals surface area (Å²) in [5.41, 5.74) is 11.8. The van der Waals surface area contributed by atoms with E-state index in [2.05, 4.69) is 198 Å². The van der Waals surface area contributed by atoms with Crippen LogP contribution in [0.3, 0.4) is 0 Å². The Bertz CT molecular complexity index is 3230. The van der Waals surface area contributed by atoms with Crippen molar-refractivity contribution >= 4 is 71.3 Å². The van der Waals surface area contributed by atoms with Gasteiger partial charge in [-0.25, -0.2) is 0 Å². The van der Waals surface area contributed by atoms with Crippen molar-refractivity contribution in [2.75, 3.05) is 4.90 Å². The number of aromatic nitrogens is 1. The zero-order valence-electron chi connectivity index (χ0n) is 30.4. The van der Waals surface area contributed by atoms with Crippen LogP contribution in [-0.2, 0) is 0 Å². The second-order valence-electron chi connectivity index (χ2n) is 14.4. The standard InChI is InChI=1S/C53H34N2O/c1-2-11-35(12-3-1)41-31-39-14-5-8-18-46(39)49(33-41)38-23-27-43(28-24-38)55(42-25-21-37(22-26-42)45-20-10-16-36-13-4-7-17-44(36)45)52-47-19-9-6-15-40(47)32-50-48-29-30-54-34-51(48)56-53(50)52/h1-34H. The van der Waals surface area contributed by atoms with E-state index in [4.69, 9.17) is 4.42 Å². The van der Waals surface area contributed by atoms with Gasteiger partial charge in [-0.1, -0.05) is 146 Å². The number of anilines is 3. The lowest BCUT2D eigenvalue weighted by Crippen LogP contribution is -2.11. The minimum absolute atomic E-state index is 0.769. The van der Waals surface area contributed by atoms with Crippen molar-refractivity contribution in [2.45, 2.75) is 0 Å². The fourth-order valence-electron chi connectivity index (χ4n) is 8.44. The largest absolute Gasteiger partial charge is 0.452 e. The topological polar surface area (TPSA) is 29.3 Å². The normalized spacial score (nSPS) is 11.6. The highest BCUT2D eigenvalue weighted by Crippen LogP contribution is 2.47. The molecule has 56 heavy (non-hydrogen) atoms. The number of pyridine rings is 1. The average molecular weight is 715 g/mol. The summed E-state index contributed by atoms with van der Waals surface area (Å²) in [6.07, 6.45) is 3.65. The van der Waals surface area contributed by atoms with Gasteiger partial charge < -0.3 is 9.32 Å². The molecule has 262 valence electrons. The Morgan fingerprint density at radius 2 is 0.964 bits per heavy atom. The molecule has 0 radical (unpaired) electrons. The minimum Gasteiger partial charge on any atom is -0.452 e. The van der Waals surface area contributed by atoms with Gasteiger partial charge in [-0.15, -0.1) is 0 Å². The van der Waals surface area contributed by atoms with E-state index >= 15 is 0 Å². The van der Waals surface area contributed by atoms with Gasteiger partial charge in [0.1, 0.15) is 0 Å². The molecule has 0 saturated carbocycles. The Morgan fingerprint density at radius 3 is 1.70 bits per heavy atom. The highest BCUT2D eigenvalue weighted by Gasteiger charge is 2.23. The van der Waals surface area contributed by atoms with E-state index in [1.54, 1.807) is 0 Å². The Hall–Kier alpha value is -7.49. The van der Waals surface area contributed by atoms with Crippen molar-refractivity contribution in [3.8, 4) is 33.4 Å². The Kier molecular flexibility index (Phi) is 7.49. The molecule has 0 bridgehead atoms. The van der Waals surface area contributed by atoms with Gasteiger partial charge in [0.15, 0.2) is 11.2 Å². The number of rotatable bonds is 6. The molecule has 0 unspecified atom stereocenters. The van der Waals surface area contributed by atoms with Gasteiger partial charge in [0, 0.05) is 33.7 Å².